The van der Waals surface area contributed by atoms with Crippen LogP contribution in [-0.2, 0) is 77.8 Å². The van der Waals surface area contributed by atoms with E-state index < -0.39 is 240 Å². The van der Waals surface area contributed by atoms with Crippen molar-refractivity contribution in [2.24, 2.45) is 53.6 Å². The number of sulfonamides is 5. The molecule has 0 aliphatic carbocycles. The van der Waals surface area contributed by atoms with Crippen LogP contribution in [0.15, 0.2) is 153 Å². The van der Waals surface area contributed by atoms with Gasteiger partial charge in [0.15, 0.2) is 29.1 Å². The van der Waals surface area contributed by atoms with Crippen molar-refractivity contribution in [1.29, 1.82) is 0 Å². The molecule has 11 heterocycles. The van der Waals surface area contributed by atoms with E-state index in [1.807, 2.05) is 0 Å². The van der Waals surface area contributed by atoms with Gasteiger partial charge in [-0.1, -0.05) is 23.2 Å². The van der Waals surface area contributed by atoms with Crippen LogP contribution in [0.4, 0.5) is 63.7 Å². The zero-order valence-corrected chi connectivity index (χ0v) is 84.6. The number of nitrogens with one attached hydrogen (secondary N) is 5. The van der Waals surface area contributed by atoms with Gasteiger partial charge in [-0.25, -0.2) is 169 Å². The molecule has 5 aliphatic heterocycles. The van der Waals surface area contributed by atoms with Gasteiger partial charge in [-0.3, -0.25) is 24.0 Å². The molecule has 800 valence electrons. The number of methoxy groups -OCH3 is 5. The largest absolute Gasteiger partial charge is 0.495 e. The van der Waals surface area contributed by atoms with E-state index in [0.29, 0.717) is 22.2 Å². The first-order valence-corrected chi connectivity index (χ1v) is 50.4. The normalized spacial score (nSPS) is 22.0. The van der Waals surface area contributed by atoms with Gasteiger partial charge < -0.3 is 78.9 Å². The lowest BCUT2D eigenvalue weighted by Crippen LogP contribution is -2.50. The van der Waals surface area contributed by atoms with Crippen molar-refractivity contribution in [3.8, 4) is 29.1 Å². The van der Waals surface area contributed by atoms with Crippen LogP contribution in [-0.4, -0.2) is 267 Å². The quantitative estimate of drug-likeness (QED) is 0.0321. The number of carbonyl (C=O) groups excluding carboxylic acids is 5. The van der Waals surface area contributed by atoms with Gasteiger partial charge in [0, 0.05) is 81.1 Å². The summed E-state index contributed by atoms with van der Waals surface area (Å²) in [6.45, 7) is 6.48. The smallest absolute Gasteiger partial charge is 0.277 e. The first-order chi connectivity index (χ1) is 74.4. The Labute approximate surface area is 876 Å². The number of nitrogens with zero attached hydrogens (tertiary/aromatic N) is 19. The number of aliphatic imine (C=N–C) groups is 5. The fourth-order valence-corrected chi connectivity index (χ4v) is 21.9. The minimum absolute atomic E-state index is 0.0253. The molecule has 0 unspecified atom stereocenters. The summed E-state index contributed by atoms with van der Waals surface area (Å²) in [5.74, 6) is -20.0. The van der Waals surface area contributed by atoms with Gasteiger partial charge in [0.1, 0.15) is 102 Å². The highest BCUT2D eigenvalue weighted by Crippen LogP contribution is 2.44. The van der Waals surface area contributed by atoms with Gasteiger partial charge >= 0.3 is 0 Å². The van der Waals surface area contributed by atoms with Crippen molar-refractivity contribution >= 4 is 161 Å². The highest BCUT2D eigenvalue weighted by molar-refractivity contribution is 7.91. The van der Waals surface area contributed by atoms with E-state index in [0.717, 1.165) is 105 Å². The molecule has 10 aromatic rings. The second kappa shape index (κ2) is 44.2. The van der Waals surface area contributed by atoms with Crippen molar-refractivity contribution in [3.63, 3.8) is 0 Å². The maximum absolute atomic E-state index is 15.2. The molecule has 0 saturated carbocycles. The van der Waals surface area contributed by atoms with E-state index in [-0.39, 0.29) is 119 Å². The molecule has 64 heteroatoms. The molecule has 0 bridgehead atoms. The number of aromatic nitrogens is 9. The lowest BCUT2D eigenvalue weighted by atomic mass is 9.92. The third-order valence-corrected chi connectivity index (χ3v) is 32.4. The molecule has 0 fully saturated rings. The molecule has 15 N–H and O–H groups in total. The Morgan fingerprint density at radius 2 is 0.660 bits per heavy atom. The van der Waals surface area contributed by atoms with Crippen molar-refractivity contribution in [2.45, 2.75) is 62.3 Å². The fourth-order valence-electron chi connectivity index (χ4n) is 14.3. The molecule has 6 aromatic heterocycles. The molecule has 15 rings (SSSR count). The van der Waals surface area contributed by atoms with Crippen molar-refractivity contribution in [3.05, 3.63) is 241 Å². The topological polar surface area (TPSA) is 686 Å². The van der Waals surface area contributed by atoms with Crippen LogP contribution in [0.25, 0.3) is 0 Å². The van der Waals surface area contributed by atoms with Crippen LogP contribution in [0, 0.1) is 46.5 Å². The summed E-state index contributed by atoms with van der Waals surface area (Å²) in [5, 5.41) is 11.0. The number of anilines is 5. The standard InChI is InChI=1S/C18H19ClFN5O4S.C18H18F3N5O4S.C17H18ClFN6O4S.C17H18F2N6O4S.C16H18FN7O4S/c1-18(9-30(27,28)25(2)17(21)24-18)12-6-10(7-13(19)15(12)20)23-16(26)14-5-4-11(29-3)8-22-14;1-18(8-31(28,29)26(2)17(22)25-18)13-14(20)10(19)6-12(15(13)21)24-16(27)11-5-4-9(30-3)7-23-11;2*1-17(8-30(27,28)25(2)16(20)24-17)10-4-9(5-11(18)14(10)19)23-15(26)12-6-22-13(29-3)7-21-12;1-16(8-29(26,27)24(2)15(18)23-16)13-9(17)4-5-11(21-13)22-14(25)10-6-20-12(28-3)7-19-10/h4-8H,9H2,1-3H3,(H2,21,24)(H,23,26);4-7H,8H2,1-3H3,(H2,22,25)(H,24,27);2*4-7H,8H2,1-3H3,(H2,20,24)(H,23,26);4-7H,8H2,1-3H3,(H2,18,23)(H,21,22,25)/t2*18-;2*17-;16-/m00000/s1/i3D3;;3*3D3. The van der Waals surface area contributed by atoms with E-state index in [1.54, 1.807) is 0 Å². The van der Waals surface area contributed by atoms with E-state index in [9.17, 15) is 96.8 Å². The zero-order valence-electron chi connectivity index (χ0n) is 91.0. The van der Waals surface area contributed by atoms with Crippen LogP contribution in [0.1, 0.15) is 131 Å². The van der Waals surface area contributed by atoms with Gasteiger partial charge in [0.05, 0.1) is 146 Å². The summed E-state index contributed by atoms with van der Waals surface area (Å²) in [4.78, 5) is 117. The van der Waals surface area contributed by atoms with Gasteiger partial charge in [-0.2, -0.15) is 0 Å². The summed E-state index contributed by atoms with van der Waals surface area (Å²) in [6, 6.07) is 14.2. The Morgan fingerprint density at radius 1 is 0.347 bits per heavy atom. The molecule has 5 atom stereocenters. The SMILES string of the molecule is COc1ccc(C(=O)Nc2cc(F)c(F)c([C@]3(C)CS(=O)(=O)N(C)C(N)=N3)c2F)nc1.[2H]C([2H])([2H])Oc1ccc(C(=O)Nc2cc(Cl)c(F)c([C@]3(C)CS(=O)(=O)N(C)C(N)=N3)c2)nc1.[2H]C([2H])([2H])Oc1cnc(C(=O)Nc2cc(Cl)c(F)c([C@]3(C)CS(=O)(=O)N(C)C(N)=N3)c2)cn1.[2H]C([2H])([2H])Oc1cnc(C(=O)Nc2cc(F)c(F)c([C@]3(C)CS(=O)(=O)N(C)C(N)=N3)c2)cn1.[2H]C([2H])([2H])Oc1cnc(C(=O)Nc2ccc(F)c([C@]3(C)CS(=O)(=O)N(C)C(N)=N3)n2)cn1. The van der Waals surface area contributed by atoms with E-state index in [2.05, 4.69) is 115 Å². The lowest BCUT2D eigenvalue weighted by Gasteiger charge is -2.35. The molecule has 0 saturated heterocycles. The predicted octanol–water partition coefficient (Wildman–Crippen LogP) is 5.74. The molecule has 5 aliphatic rings. The molecule has 4 aromatic carbocycles. The number of carbonyl (C=O) groups is 5. The number of guanidine groups is 5. The van der Waals surface area contributed by atoms with Gasteiger partial charge in [0.25, 0.3) is 29.5 Å². The Morgan fingerprint density at radius 3 is 1.01 bits per heavy atom. The summed E-state index contributed by atoms with van der Waals surface area (Å²) in [6.07, 6.45) is 8.00. The van der Waals surface area contributed by atoms with Crippen molar-refractivity contribution < 1.29 is 141 Å². The fraction of sp³-hybridized carbons (Fsp3) is 0.291. The number of hydrogen-bond donors (Lipinski definition) is 10. The van der Waals surface area contributed by atoms with Crippen LogP contribution >= 0.6 is 23.2 Å². The van der Waals surface area contributed by atoms with Crippen LogP contribution in [0.2, 0.25) is 10.0 Å². The third-order valence-electron chi connectivity index (χ3n) is 22.2. The lowest BCUT2D eigenvalue weighted by molar-refractivity contribution is 0.101. The molecule has 0 radical (unpaired) electrons. The van der Waals surface area contributed by atoms with Crippen molar-refractivity contribution in [2.75, 3.05) is 126 Å². The number of benzene rings is 4. The van der Waals surface area contributed by atoms with Gasteiger partial charge in [-0.15, -0.1) is 0 Å². The molecular formula is C86H91Cl2F8N29O20S5. The van der Waals surface area contributed by atoms with Crippen LogP contribution < -0.4 is 78.9 Å². The number of amides is 5. The molecule has 49 nitrogen and oxygen atoms in total. The average molecular weight is 2250 g/mol. The maximum Gasteiger partial charge on any atom is 0.277 e. The minimum atomic E-state index is -4.09. The van der Waals surface area contributed by atoms with Crippen LogP contribution in [0.5, 0.6) is 29.1 Å². The second-order valence-electron chi connectivity index (χ2n) is 33.1. The third kappa shape index (κ3) is 25.2. The summed E-state index contributed by atoms with van der Waals surface area (Å²) in [5.41, 5.74) is 15.7. The Bertz CT molecular complexity index is 7860. The second-order valence-corrected chi connectivity index (χ2v) is 43.9. The van der Waals surface area contributed by atoms with E-state index >= 15 is 4.39 Å². The number of nitrogens with two attached hydrogens (primary N) is 5. The number of rotatable bonds is 20. The molecule has 0 spiro atoms. The predicted molar refractivity (Wildman–Crippen MR) is 529 cm³/mol. The van der Waals surface area contributed by atoms with Crippen LogP contribution in [0.3, 0.4) is 0 Å². The number of hydrogen-bond acceptors (Lipinski definition) is 39. The highest BCUT2D eigenvalue weighted by atomic mass is 35.5. The van der Waals surface area contributed by atoms with E-state index in [1.165, 1.54) is 106 Å². The molecular weight excluding hydrogens is 2140 g/mol. The Kier molecular flexibility index (Phi) is 28.7. The minimum Gasteiger partial charge on any atom is -0.495 e. The number of ether oxygens (including phenoxy) is 5. The first-order valence-electron chi connectivity index (χ1n) is 47.6. The van der Waals surface area contributed by atoms with Gasteiger partial charge in [0.2, 0.25) is 97.6 Å². The van der Waals surface area contributed by atoms with Crippen molar-refractivity contribution in [1.82, 2.24) is 66.4 Å². The Hall–Kier alpha value is -16.0. The summed E-state index contributed by atoms with van der Waals surface area (Å²) >= 11 is 12.0. The highest BCUT2D eigenvalue weighted by Gasteiger charge is 2.49. The average Bonchev–Trinajstić information content (AvgIpc) is 0.695. The van der Waals surface area contributed by atoms with Gasteiger partial charge in [-0.05, 0) is 101 Å². The monoisotopic (exact) mass is 2240 g/mol. The summed E-state index contributed by atoms with van der Waals surface area (Å²) < 4.78 is 353. The summed E-state index contributed by atoms with van der Waals surface area (Å²) in [7, 11) is -23.2. The van der Waals surface area contributed by atoms with E-state index in [4.69, 9.17) is 73.1 Å². The number of pyridine rings is 3. The molecule has 5 amide bonds. The Balaban J connectivity index is 0.000000190. The maximum atomic E-state index is 15.2. The molecule has 150 heavy (non-hydrogen) atoms. The first kappa shape index (κ1) is 97.4. The number of halogens is 10. The zero-order chi connectivity index (χ0) is 121.